The second kappa shape index (κ2) is 7.12. The molecule has 0 bridgehead atoms. The van der Waals surface area contributed by atoms with E-state index in [1.165, 1.54) is 0 Å². The lowest BCUT2D eigenvalue weighted by atomic mass is 10.1. The Morgan fingerprint density at radius 3 is 2.09 bits per heavy atom. The molecule has 0 aliphatic heterocycles. The standard InChI is InChI=1S/C18H22ClNOSi/c1-15(17-10-6-4-7-11-17)20(16(2)21)14-22(3,19)18-12-8-5-9-13-18/h4-13,15H,14H2,1-3H3/t15-,22?/m0/s1. The first-order chi connectivity index (χ1) is 10.4. The topological polar surface area (TPSA) is 20.3 Å². The molecule has 0 spiro atoms. The number of carbonyl (C=O) groups is 1. The van der Waals surface area contributed by atoms with Crippen molar-refractivity contribution in [3.63, 3.8) is 0 Å². The molecule has 2 aromatic rings. The molecule has 116 valence electrons. The highest BCUT2D eigenvalue weighted by Crippen LogP contribution is 2.23. The van der Waals surface area contributed by atoms with E-state index in [2.05, 4.69) is 37.7 Å². The van der Waals surface area contributed by atoms with Gasteiger partial charge in [-0.2, -0.15) is 11.1 Å². The molecule has 4 heteroatoms. The maximum absolute atomic E-state index is 12.2. The summed E-state index contributed by atoms with van der Waals surface area (Å²) in [6.45, 7) is 5.77. The van der Waals surface area contributed by atoms with Gasteiger partial charge in [0.1, 0.15) is 0 Å². The Morgan fingerprint density at radius 2 is 1.59 bits per heavy atom. The fourth-order valence-corrected chi connectivity index (χ4v) is 5.60. The van der Waals surface area contributed by atoms with Gasteiger partial charge in [-0.3, -0.25) is 4.79 Å². The smallest absolute Gasteiger partial charge is 0.219 e. The summed E-state index contributed by atoms with van der Waals surface area (Å²) in [7, 11) is -2.22. The van der Waals surface area contributed by atoms with Crippen LogP contribution in [0.3, 0.4) is 0 Å². The van der Waals surface area contributed by atoms with E-state index in [0.29, 0.717) is 6.17 Å². The number of hydrogen-bond donors (Lipinski definition) is 0. The van der Waals surface area contributed by atoms with Gasteiger partial charge in [0, 0.05) is 13.1 Å². The van der Waals surface area contributed by atoms with Gasteiger partial charge in [-0.15, -0.1) is 0 Å². The first kappa shape index (κ1) is 16.8. The van der Waals surface area contributed by atoms with Crippen molar-refractivity contribution in [2.24, 2.45) is 0 Å². The zero-order valence-corrected chi connectivity index (χ0v) is 15.0. The molecule has 0 radical (unpaired) electrons. The largest absolute Gasteiger partial charge is 0.337 e. The van der Waals surface area contributed by atoms with Gasteiger partial charge in [0.25, 0.3) is 0 Å². The van der Waals surface area contributed by atoms with Gasteiger partial charge in [0.15, 0.2) is 0 Å². The Kier molecular flexibility index (Phi) is 5.43. The molecule has 0 saturated carbocycles. The summed E-state index contributed by atoms with van der Waals surface area (Å²) in [6.07, 6.45) is 0.601. The first-order valence-corrected chi connectivity index (χ1v) is 11.2. The van der Waals surface area contributed by atoms with E-state index >= 15 is 0 Å². The van der Waals surface area contributed by atoms with Gasteiger partial charge in [-0.1, -0.05) is 67.2 Å². The van der Waals surface area contributed by atoms with Gasteiger partial charge in [-0.05, 0) is 17.7 Å². The van der Waals surface area contributed by atoms with E-state index in [1.807, 2.05) is 41.3 Å². The van der Waals surface area contributed by atoms with Crippen LogP contribution in [0.5, 0.6) is 0 Å². The molecule has 0 aromatic heterocycles. The summed E-state index contributed by atoms with van der Waals surface area (Å²) < 4.78 is 0. The van der Waals surface area contributed by atoms with E-state index in [1.54, 1.807) is 6.92 Å². The van der Waals surface area contributed by atoms with Crippen molar-refractivity contribution in [3.05, 3.63) is 66.2 Å². The number of benzene rings is 2. The van der Waals surface area contributed by atoms with Crippen molar-refractivity contribution < 1.29 is 4.79 Å². The lowest BCUT2D eigenvalue weighted by molar-refractivity contribution is -0.130. The molecule has 0 saturated heterocycles. The van der Waals surface area contributed by atoms with Crippen LogP contribution in [0.4, 0.5) is 0 Å². The van der Waals surface area contributed by atoms with E-state index in [-0.39, 0.29) is 11.9 Å². The Hall–Kier alpha value is -1.58. The van der Waals surface area contributed by atoms with Crippen LogP contribution in [-0.4, -0.2) is 24.4 Å². The third kappa shape index (κ3) is 3.99. The molecule has 0 fully saturated rings. The van der Waals surface area contributed by atoms with Gasteiger partial charge < -0.3 is 4.90 Å². The second-order valence-electron chi connectivity index (χ2n) is 5.80. The average Bonchev–Trinajstić information content (AvgIpc) is 2.53. The lowest BCUT2D eigenvalue weighted by Gasteiger charge is -2.34. The van der Waals surface area contributed by atoms with Crippen molar-refractivity contribution in [1.29, 1.82) is 0 Å². The fourth-order valence-electron chi connectivity index (χ4n) is 2.63. The third-order valence-corrected chi connectivity index (χ3v) is 7.48. The first-order valence-electron chi connectivity index (χ1n) is 7.48. The molecule has 0 aliphatic rings. The Balaban J connectivity index is 2.24. The summed E-state index contributed by atoms with van der Waals surface area (Å²) in [4.78, 5) is 14.0. The van der Waals surface area contributed by atoms with Crippen molar-refractivity contribution >= 4 is 29.6 Å². The second-order valence-corrected chi connectivity index (χ2v) is 11.6. The van der Waals surface area contributed by atoms with E-state index in [9.17, 15) is 4.79 Å². The summed E-state index contributed by atoms with van der Waals surface area (Å²) in [6, 6.07) is 20.2. The van der Waals surface area contributed by atoms with Crippen LogP contribution in [0.15, 0.2) is 60.7 Å². The predicted octanol–water partition coefficient (Wildman–Crippen LogP) is 3.86. The van der Waals surface area contributed by atoms with Crippen molar-refractivity contribution in [2.75, 3.05) is 6.17 Å². The predicted molar refractivity (Wildman–Crippen MR) is 95.8 cm³/mol. The quantitative estimate of drug-likeness (QED) is 0.602. The molecule has 0 aliphatic carbocycles. The summed E-state index contributed by atoms with van der Waals surface area (Å²) in [5, 5.41) is 1.16. The van der Waals surface area contributed by atoms with Gasteiger partial charge >= 0.3 is 0 Å². The third-order valence-electron chi connectivity index (χ3n) is 4.00. The van der Waals surface area contributed by atoms with Crippen LogP contribution >= 0.6 is 11.1 Å². The highest BCUT2D eigenvalue weighted by atomic mass is 35.6. The van der Waals surface area contributed by atoms with Crippen LogP contribution in [0.2, 0.25) is 6.55 Å². The van der Waals surface area contributed by atoms with Crippen LogP contribution in [0, 0.1) is 0 Å². The normalized spacial score (nSPS) is 14.9. The number of nitrogens with zero attached hydrogens (tertiary/aromatic N) is 1. The summed E-state index contributed by atoms with van der Waals surface area (Å²) in [5.74, 6) is 0.0617. The zero-order valence-electron chi connectivity index (χ0n) is 13.3. The van der Waals surface area contributed by atoms with Crippen LogP contribution in [0.25, 0.3) is 0 Å². The van der Waals surface area contributed by atoms with E-state index in [4.69, 9.17) is 11.1 Å². The van der Waals surface area contributed by atoms with Gasteiger partial charge in [0.2, 0.25) is 13.3 Å². The Labute approximate surface area is 138 Å². The minimum Gasteiger partial charge on any atom is -0.337 e. The summed E-state index contributed by atoms with van der Waals surface area (Å²) >= 11 is 6.88. The van der Waals surface area contributed by atoms with E-state index in [0.717, 1.165) is 10.8 Å². The molecule has 0 N–H and O–H groups in total. The van der Waals surface area contributed by atoms with Crippen molar-refractivity contribution in [1.82, 2.24) is 4.90 Å². The molecule has 22 heavy (non-hydrogen) atoms. The lowest BCUT2D eigenvalue weighted by Crippen LogP contribution is -2.51. The van der Waals surface area contributed by atoms with Crippen molar-refractivity contribution in [3.8, 4) is 0 Å². The Bertz CT molecular complexity index is 615. The minimum absolute atomic E-state index is 0.0213. The summed E-state index contributed by atoms with van der Waals surface area (Å²) in [5.41, 5.74) is 1.13. The zero-order chi connectivity index (χ0) is 16.2. The molecule has 2 atom stereocenters. The maximum Gasteiger partial charge on any atom is 0.219 e. The molecule has 1 amide bonds. The SMILES string of the molecule is CC(=O)N(C[Si](C)(Cl)c1ccccc1)[C@@H](C)c1ccccc1. The van der Waals surface area contributed by atoms with E-state index < -0.39 is 7.38 Å². The highest BCUT2D eigenvalue weighted by molar-refractivity contribution is 7.27. The molecule has 2 aromatic carbocycles. The highest BCUT2D eigenvalue weighted by Gasteiger charge is 2.33. The molecule has 1 unspecified atom stereocenters. The monoisotopic (exact) mass is 331 g/mol. The van der Waals surface area contributed by atoms with Crippen LogP contribution in [0.1, 0.15) is 25.5 Å². The molecule has 2 rings (SSSR count). The number of hydrogen-bond acceptors (Lipinski definition) is 1. The number of halogens is 1. The van der Waals surface area contributed by atoms with Crippen LogP contribution in [-0.2, 0) is 4.79 Å². The number of amides is 1. The fraction of sp³-hybridized carbons (Fsp3) is 0.278. The van der Waals surface area contributed by atoms with Crippen LogP contribution < -0.4 is 5.19 Å². The van der Waals surface area contributed by atoms with Gasteiger partial charge in [0.05, 0.1) is 6.04 Å². The number of rotatable bonds is 5. The molecule has 0 heterocycles. The Morgan fingerprint density at radius 1 is 1.09 bits per heavy atom. The molecular weight excluding hydrogens is 310 g/mol. The minimum atomic E-state index is -2.22. The maximum atomic E-state index is 12.2. The molecular formula is C18H22ClNOSi. The molecule has 2 nitrogen and oxygen atoms in total. The van der Waals surface area contributed by atoms with Gasteiger partial charge in [-0.25, -0.2) is 0 Å². The number of carbonyl (C=O) groups excluding carboxylic acids is 1. The van der Waals surface area contributed by atoms with Crippen molar-refractivity contribution in [2.45, 2.75) is 26.4 Å². The average molecular weight is 332 g/mol.